The van der Waals surface area contributed by atoms with E-state index in [9.17, 15) is 0 Å². The maximum atomic E-state index is 2.48. The first kappa shape index (κ1) is 14.5. The molecule has 2 heterocycles. The fourth-order valence-corrected chi connectivity index (χ4v) is 6.32. The highest BCUT2D eigenvalue weighted by Crippen LogP contribution is 2.60. The Morgan fingerprint density at radius 1 is 0.667 bits per heavy atom. The predicted octanol–water partition coefficient (Wildman–Crippen LogP) is 7.01. The molecule has 0 N–H and O–H groups in total. The van der Waals surface area contributed by atoms with Crippen molar-refractivity contribution in [2.24, 2.45) is 0 Å². The van der Waals surface area contributed by atoms with Gasteiger partial charge in [-0.2, -0.15) is 0 Å². The van der Waals surface area contributed by atoms with Crippen LogP contribution in [0, 0.1) is 20.8 Å². The molecular formula is C21H17NS2. The summed E-state index contributed by atoms with van der Waals surface area (Å²) in [5, 5.41) is 0. The van der Waals surface area contributed by atoms with Crippen LogP contribution in [0.1, 0.15) is 16.7 Å². The van der Waals surface area contributed by atoms with Crippen LogP contribution in [-0.4, -0.2) is 0 Å². The quantitative estimate of drug-likeness (QED) is 0.296. The average Bonchev–Trinajstić information content (AvgIpc) is 2.53. The largest absolute Gasteiger partial charge is 0.306 e. The number of aryl methyl sites for hydroxylation is 3. The van der Waals surface area contributed by atoms with E-state index < -0.39 is 0 Å². The first-order valence-corrected chi connectivity index (χ1v) is 9.76. The van der Waals surface area contributed by atoms with E-state index in [0.29, 0.717) is 0 Å². The maximum absolute atomic E-state index is 2.48. The standard InChI is InChI=1S/C21H17NS2/c1-12-8-14(3)20-17(9-12)24-19-11-13(2)10-18-21(19)22(20)15-6-4-5-7-16(15)23-18/h4-11H,1-3H3. The summed E-state index contributed by atoms with van der Waals surface area (Å²) in [4.78, 5) is 7.90. The van der Waals surface area contributed by atoms with Gasteiger partial charge in [-0.3, -0.25) is 0 Å². The summed E-state index contributed by atoms with van der Waals surface area (Å²) in [5.74, 6) is 0. The van der Waals surface area contributed by atoms with Crippen LogP contribution in [0.5, 0.6) is 0 Å². The van der Waals surface area contributed by atoms with Crippen molar-refractivity contribution in [2.45, 2.75) is 40.4 Å². The third-order valence-corrected chi connectivity index (χ3v) is 6.75. The third-order valence-electron chi connectivity index (χ3n) is 4.59. The molecule has 0 saturated carbocycles. The van der Waals surface area contributed by atoms with Gasteiger partial charge in [-0.05, 0) is 67.8 Å². The van der Waals surface area contributed by atoms with E-state index >= 15 is 0 Å². The molecule has 24 heavy (non-hydrogen) atoms. The maximum Gasteiger partial charge on any atom is 0.0741 e. The van der Waals surface area contributed by atoms with Gasteiger partial charge in [-0.25, -0.2) is 0 Å². The molecule has 2 aliphatic rings. The molecule has 0 aliphatic carbocycles. The lowest BCUT2D eigenvalue weighted by Crippen LogP contribution is -2.20. The first-order chi connectivity index (χ1) is 11.6. The number of fused-ring (bicyclic) bond motifs is 4. The minimum Gasteiger partial charge on any atom is -0.306 e. The molecule has 0 radical (unpaired) electrons. The first-order valence-electron chi connectivity index (χ1n) is 8.12. The number of benzene rings is 3. The van der Waals surface area contributed by atoms with Crippen LogP contribution < -0.4 is 4.90 Å². The Bertz CT molecular complexity index is 990. The number of anilines is 3. The smallest absolute Gasteiger partial charge is 0.0741 e. The van der Waals surface area contributed by atoms with E-state index in [1.165, 1.54) is 53.3 Å². The summed E-state index contributed by atoms with van der Waals surface area (Å²) in [7, 11) is 0. The lowest BCUT2D eigenvalue weighted by Gasteiger charge is -2.39. The van der Waals surface area contributed by atoms with Gasteiger partial charge in [-0.15, -0.1) is 0 Å². The minimum atomic E-state index is 1.30. The van der Waals surface area contributed by atoms with Crippen molar-refractivity contribution in [3.63, 3.8) is 0 Å². The zero-order chi connectivity index (χ0) is 16.4. The summed E-state index contributed by atoms with van der Waals surface area (Å²) in [5.41, 5.74) is 8.00. The highest BCUT2D eigenvalue weighted by Gasteiger charge is 2.33. The lowest BCUT2D eigenvalue weighted by molar-refractivity contribution is 1.06. The summed E-state index contributed by atoms with van der Waals surface area (Å²) >= 11 is 3.80. The van der Waals surface area contributed by atoms with Gasteiger partial charge in [0.2, 0.25) is 0 Å². The highest BCUT2D eigenvalue weighted by atomic mass is 32.2. The van der Waals surface area contributed by atoms with E-state index in [4.69, 9.17) is 0 Å². The van der Waals surface area contributed by atoms with Crippen LogP contribution in [0.2, 0.25) is 0 Å². The average molecular weight is 348 g/mol. The van der Waals surface area contributed by atoms with Gasteiger partial charge < -0.3 is 4.90 Å². The second kappa shape index (κ2) is 5.08. The summed E-state index contributed by atoms with van der Waals surface area (Å²) in [6, 6.07) is 18.0. The Labute approximate surface area is 151 Å². The third kappa shape index (κ3) is 1.98. The normalized spacial score (nSPS) is 14.0. The molecule has 0 bridgehead atoms. The van der Waals surface area contributed by atoms with E-state index in [1.54, 1.807) is 0 Å². The van der Waals surface area contributed by atoms with Crippen molar-refractivity contribution in [2.75, 3.05) is 4.90 Å². The van der Waals surface area contributed by atoms with Crippen molar-refractivity contribution >= 4 is 40.6 Å². The molecule has 3 heteroatoms. The summed E-state index contributed by atoms with van der Waals surface area (Å²) < 4.78 is 0. The van der Waals surface area contributed by atoms with Crippen molar-refractivity contribution in [1.82, 2.24) is 0 Å². The second-order valence-corrected chi connectivity index (χ2v) is 8.71. The molecule has 3 aromatic rings. The molecule has 0 amide bonds. The fraction of sp³-hybridized carbons (Fsp3) is 0.143. The van der Waals surface area contributed by atoms with Crippen LogP contribution in [0.4, 0.5) is 17.1 Å². The Hall–Kier alpha value is -1.84. The van der Waals surface area contributed by atoms with Crippen molar-refractivity contribution in [3.8, 4) is 0 Å². The van der Waals surface area contributed by atoms with Crippen molar-refractivity contribution < 1.29 is 0 Å². The Kier molecular flexibility index (Phi) is 3.07. The van der Waals surface area contributed by atoms with Gasteiger partial charge in [-0.1, -0.05) is 41.7 Å². The molecule has 118 valence electrons. The summed E-state index contributed by atoms with van der Waals surface area (Å²) in [6.45, 7) is 6.61. The zero-order valence-electron chi connectivity index (χ0n) is 13.9. The van der Waals surface area contributed by atoms with Crippen molar-refractivity contribution in [3.05, 3.63) is 65.2 Å². The monoisotopic (exact) mass is 347 g/mol. The van der Waals surface area contributed by atoms with Crippen LogP contribution in [0.3, 0.4) is 0 Å². The fourth-order valence-electron chi connectivity index (χ4n) is 3.69. The molecule has 0 spiro atoms. The number of rotatable bonds is 0. The van der Waals surface area contributed by atoms with Gasteiger partial charge in [0.1, 0.15) is 0 Å². The molecule has 0 unspecified atom stereocenters. The van der Waals surface area contributed by atoms with Gasteiger partial charge in [0.25, 0.3) is 0 Å². The molecule has 1 nitrogen and oxygen atoms in total. The second-order valence-electron chi connectivity index (χ2n) is 6.55. The van der Waals surface area contributed by atoms with Gasteiger partial charge in [0, 0.05) is 19.6 Å². The predicted molar refractivity (Wildman–Crippen MR) is 104 cm³/mol. The van der Waals surface area contributed by atoms with E-state index in [-0.39, 0.29) is 0 Å². The van der Waals surface area contributed by atoms with Gasteiger partial charge >= 0.3 is 0 Å². The number of nitrogens with zero attached hydrogens (tertiary/aromatic N) is 1. The topological polar surface area (TPSA) is 3.24 Å². The van der Waals surface area contributed by atoms with Crippen LogP contribution >= 0.6 is 23.5 Å². The van der Waals surface area contributed by atoms with Gasteiger partial charge in [0.05, 0.1) is 17.1 Å². The van der Waals surface area contributed by atoms with Gasteiger partial charge in [0.15, 0.2) is 0 Å². The number of hydrogen-bond acceptors (Lipinski definition) is 3. The molecule has 3 aromatic carbocycles. The molecule has 0 aromatic heterocycles. The van der Waals surface area contributed by atoms with Crippen molar-refractivity contribution in [1.29, 1.82) is 0 Å². The molecule has 0 saturated heterocycles. The summed E-state index contributed by atoms with van der Waals surface area (Å²) in [6.07, 6.45) is 0. The Balaban J connectivity index is 1.89. The van der Waals surface area contributed by atoms with E-state index in [2.05, 4.69) is 74.2 Å². The molecule has 5 rings (SSSR count). The zero-order valence-corrected chi connectivity index (χ0v) is 15.5. The molecule has 2 aliphatic heterocycles. The number of hydrogen-bond donors (Lipinski definition) is 0. The minimum absolute atomic E-state index is 1.30. The Morgan fingerprint density at radius 2 is 1.25 bits per heavy atom. The van der Waals surface area contributed by atoms with Crippen LogP contribution in [0.15, 0.2) is 68.1 Å². The SMILES string of the molecule is Cc1cc(C)c2c(c1)Sc1cc(C)cc3c1N2c1ccccc1S3. The lowest BCUT2D eigenvalue weighted by atomic mass is 10.1. The molecule has 0 atom stereocenters. The Morgan fingerprint density at radius 3 is 2.00 bits per heavy atom. The van der Waals surface area contributed by atoms with Crippen LogP contribution in [0.25, 0.3) is 0 Å². The van der Waals surface area contributed by atoms with E-state index in [1.807, 2.05) is 23.5 Å². The van der Waals surface area contributed by atoms with Crippen LogP contribution in [-0.2, 0) is 0 Å². The molecule has 0 fully saturated rings. The highest BCUT2D eigenvalue weighted by molar-refractivity contribution is 8.00. The molecular weight excluding hydrogens is 330 g/mol. The van der Waals surface area contributed by atoms with E-state index in [0.717, 1.165) is 0 Å². The number of para-hydroxylation sites is 1.